The number of carbonyl (C=O) groups excluding carboxylic acids is 2. The lowest BCUT2D eigenvalue weighted by Crippen LogP contribution is -2.59. The van der Waals surface area contributed by atoms with Crippen LogP contribution in [0.25, 0.3) is 0 Å². The Labute approximate surface area is 133 Å². The molecule has 3 atom stereocenters. The molecule has 0 aliphatic carbocycles. The molecule has 0 bridgehead atoms. The van der Waals surface area contributed by atoms with Crippen LogP contribution in [0.5, 0.6) is 0 Å². The second-order valence-electron chi connectivity index (χ2n) is 5.06. The molecule has 5 nitrogen and oxygen atoms in total. The molecule has 2 rings (SSSR count). The highest BCUT2D eigenvalue weighted by Gasteiger charge is 2.34. The number of carbonyl (C=O) groups is 2. The largest absolute Gasteiger partial charge is 0.370 e. The van der Waals surface area contributed by atoms with Gasteiger partial charge in [0.25, 0.3) is 0 Å². The molecule has 0 spiro atoms. The molecule has 4 N–H and O–H groups in total. The average Bonchev–Trinajstić information content (AvgIpc) is 2.40. The van der Waals surface area contributed by atoms with Gasteiger partial charge in [-0.25, -0.2) is 0 Å². The van der Waals surface area contributed by atoms with E-state index in [9.17, 15) is 9.59 Å². The summed E-state index contributed by atoms with van der Waals surface area (Å²) in [6.07, 6.45) is 0.0612. The van der Waals surface area contributed by atoms with Gasteiger partial charge in [0, 0.05) is 23.2 Å². The molecule has 1 heterocycles. The van der Waals surface area contributed by atoms with Crippen LogP contribution in [0.1, 0.15) is 18.9 Å². The van der Waals surface area contributed by atoms with Gasteiger partial charge in [-0.05, 0) is 24.6 Å². The van der Waals surface area contributed by atoms with Crippen molar-refractivity contribution in [2.45, 2.75) is 30.6 Å². The van der Waals surface area contributed by atoms with Crippen molar-refractivity contribution >= 4 is 35.2 Å². The van der Waals surface area contributed by atoms with Crippen molar-refractivity contribution in [1.29, 1.82) is 0 Å². The summed E-state index contributed by atoms with van der Waals surface area (Å²) < 4.78 is 0. The molecular formula is C14H18ClN3O2S. The summed E-state index contributed by atoms with van der Waals surface area (Å²) in [6.45, 7) is 1.89. The predicted octanol–water partition coefficient (Wildman–Crippen LogP) is 1.46. The third kappa shape index (κ3) is 4.62. The smallest absolute Gasteiger partial charge is 0.227 e. The first-order chi connectivity index (χ1) is 9.95. The number of nitrogens with two attached hydrogens (primary N) is 1. The minimum absolute atomic E-state index is 0.0612. The van der Waals surface area contributed by atoms with Crippen LogP contribution >= 0.6 is 23.4 Å². The Bertz CT molecular complexity index is 541. The van der Waals surface area contributed by atoms with Crippen molar-refractivity contribution in [1.82, 2.24) is 10.6 Å². The van der Waals surface area contributed by atoms with E-state index in [0.29, 0.717) is 5.02 Å². The van der Waals surface area contributed by atoms with Crippen LogP contribution in [0.4, 0.5) is 0 Å². The van der Waals surface area contributed by atoms with Gasteiger partial charge < -0.3 is 11.1 Å². The van der Waals surface area contributed by atoms with Crippen LogP contribution < -0.4 is 16.4 Å². The normalized spacial score (nSPS) is 25.4. The summed E-state index contributed by atoms with van der Waals surface area (Å²) in [5.74, 6) is -0.283. The van der Waals surface area contributed by atoms with Gasteiger partial charge in [-0.15, -0.1) is 11.8 Å². The van der Waals surface area contributed by atoms with Crippen LogP contribution in [-0.4, -0.2) is 23.4 Å². The third-order valence-corrected chi connectivity index (χ3v) is 4.68. The Morgan fingerprint density at radius 1 is 1.48 bits per heavy atom. The lowest BCUT2D eigenvalue weighted by molar-refractivity contribution is -0.132. The maximum Gasteiger partial charge on any atom is 0.227 e. The number of hydrogen-bond acceptors (Lipinski definition) is 4. The van der Waals surface area contributed by atoms with E-state index < -0.39 is 11.8 Å². The summed E-state index contributed by atoms with van der Waals surface area (Å²) in [6, 6.07) is 7.52. The zero-order valence-electron chi connectivity index (χ0n) is 11.6. The van der Waals surface area contributed by atoms with E-state index in [1.807, 2.05) is 31.2 Å². The fourth-order valence-electron chi connectivity index (χ4n) is 2.24. The standard InChI is InChI=1S/C14H18ClN3O2S/c1-8-11(6-12(16)19)13(20)18-14(17-8)21-7-9-3-2-4-10(15)5-9/h2-5,8,11,14,17H,6-7H2,1H3,(H2,16,19)(H,18,20). The Kier molecular flexibility index (Phi) is 5.50. The highest BCUT2D eigenvalue weighted by Crippen LogP contribution is 2.22. The van der Waals surface area contributed by atoms with Crippen LogP contribution in [0, 0.1) is 5.92 Å². The van der Waals surface area contributed by atoms with Crippen LogP contribution in [-0.2, 0) is 15.3 Å². The second kappa shape index (κ2) is 7.15. The monoisotopic (exact) mass is 327 g/mol. The molecular weight excluding hydrogens is 310 g/mol. The number of nitrogens with one attached hydrogen (secondary N) is 2. The van der Waals surface area contributed by atoms with E-state index in [1.54, 1.807) is 11.8 Å². The molecule has 1 aromatic rings. The summed E-state index contributed by atoms with van der Waals surface area (Å²) >= 11 is 7.51. The van der Waals surface area contributed by atoms with Gasteiger partial charge in [-0.1, -0.05) is 23.7 Å². The van der Waals surface area contributed by atoms with Crippen LogP contribution in [0.15, 0.2) is 24.3 Å². The summed E-state index contributed by atoms with van der Waals surface area (Å²) in [4.78, 5) is 23.0. The molecule has 3 unspecified atom stereocenters. The van der Waals surface area contributed by atoms with Crippen LogP contribution in [0.3, 0.4) is 0 Å². The number of thioether (sulfide) groups is 1. The van der Waals surface area contributed by atoms with E-state index in [2.05, 4.69) is 10.6 Å². The van der Waals surface area contributed by atoms with Gasteiger partial charge in [0.15, 0.2) is 0 Å². The number of amides is 2. The fourth-order valence-corrected chi connectivity index (χ4v) is 3.50. The first kappa shape index (κ1) is 16.1. The lowest BCUT2D eigenvalue weighted by atomic mass is 9.95. The van der Waals surface area contributed by atoms with Gasteiger partial charge in [0.2, 0.25) is 11.8 Å². The predicted molar refractivity (Wildman–Crippen MR) is 84.6 cm³/mol. The van der Waals surface area contributed by atoms with Crippen molar-refractivity contribution in [2.24, 2.45) is 11.7 Å². The number of rotatable bonds is 5. The average molecular weight is 328 g/mol. The quantitative estimate of drug-likeness (QED) is 0.764. The molecule has 0 radical (unpaired) electrons. The number of halogens is 1. The fraction of sp³-hybridized carbons (Fsp3) is 0.429. The van der Waals surface area contributed by atoms with E-state index in [0.717, 1.165) is 11.3 Å². The lowest BCUT2D eigenvalue weighted by Gasteiger charge is -2.34. The first-order valence-corrected chi connectivity index (χ1v) is 8.09. The van der Waals surface area contributed by atoms with Crippen molar-refractivity contribution in [2.75, 3.05) is 0 Å². The Balaban J connectivity index is 1.89. The highest BCUT2D eigenvalue weighted by atomic mass is 35.5. The van der Waals surface area contributed by atoms with Crippen molar-refractivity contribution in [3.05, 3.63) is 34.9 Å². The molecule has 1 fully saturated rings. The number of hydrogen-bond donors (Lipinski definition) is 3. The topological polar surface area (TPSA) is 84.2 Å². The molecule has 2 amide bonds. The van der Waals surface area contributed by atoms with Crippen molar-refractivity contribution in [3.8, 4) is 0 Å². The Hall–Kier alpha value is -1.24. The molecule has 1 saturated heterocycles. The van der Waals surface area contributed by atoms with Gasteiger partial charge in [-0.2, -0.15) is 0 Å². The number of benzene rings is 1. The van der Waals surface area contributed by atoms with Gasteiger partial charge in [0.05, 0.1) is 5.92 Å². The molecule has 1 aliphatic heterocycles. The molecule has 0 aromatic heterocycles. The first-order valence-electron chi connectivity index (χ1n) is 6.66. The zero-order valence-corrected chi connectivity index (χ0v) is 13.2. The summed E-state index contributed by atoms with van der Waals surface area (Å²) in [7, 11) is 0. The summed E-state index contributed by atoms with van der Waals surface area (Å²) in [5, 5.41) is 6.83. The van der Waals surface area contributed by atoms with Crippen LogP contribution in [0.2, 0.25) is 5.02 Å². The van der Waals surface area contributed by atoms with Crippen molar-refractivity contribution in [3.63, 3.8) is 0 Å². The molecule has 7 heteroatoms. The highest BCUT2D eigenvalue weighted by molar-refractivity contribution is 7.99. The summed E-state index contributed by atoms with van der Waals surface area (Å²) in [5.41, 5.74) is 6.08. The van der Waals surface area contributed by atoms with Gasteiger partial charge in [0.1, 0.15) is 5.50 Å². The van der Waals surface area contributed by atoms with Crippen molar-refractivity contribution < 1.29 is 9.59 Å². The van der Waals surface area contributed by atoms with E-state index in [-0.39, 0.29) is 23.9 Å². The third-order valence-electron chi connectivity index (χ3n) is 3.35. The second-order valence-corrected chi connectivity index (χ2v) is 6.59. The minimum Gasteiger partial charge on any atom is -0.370 e. The molecule has 21 heavy (non-hydrogen) atoms. The minimum atomic E-state index is -0.464. The van der Waals surface area contributed by atoms with E-state index in [1.165, 1.54) is 0 Å². The maximum absolute atomic E-state index is 12.0. The molecule has 0 saturated carbocycles. The maximum atomic E-state index is 12.0. The molecule has 1 aromatic carbocycles. The zero-order chi connectivity index (χ0) is 15.4. The molecule has 114 valence electrons. The van der Waals surface area contributed by atoms with E-state index >= 15 is 0 Å². The molecule has 1 aliphatic rings. The SMILES string of the molecule is CC1NC(SCc2cccc(Cl)c2)NC(=O)C1CC(N)=O. The Morgan fingerprint density at radius 2 is 2.24 bits per heavy atom. The van der Waals surface area contributed by atoms with Gasteiger partial charge >= 0.3 is 0 Å². The van der Waals surface area contributed by atoms with E-state index in [4.69, 9.17) is 17.3 Å². The van der Waals surface area contributed by atoms with Gasteiger partial charge in [-0.3, -0.25) is 14.9 Å². The number of primary amides is 1. The Morgan fingerprint density at radius 3 is 2.86 bits per heavy atom.